The first-order valence-electron chi connectivity index (χ1n) is 3.43. The minimum absolute atomic E-state index is 0.310. The van der Waals surface area contributed by atoms with E-state index in [1.165, 1.54) is 0 Å². The van der Waals surface area contributed by atoms with Gasteiger partial charge >= 0.3 is 0 Å². The summed E-state index contributed by atoms with van der Waals surface area (Å²) >= 11 is 0. The van der Waals surface area contributed by atoms with Gasteiger partial charge in [0.25, 0.3) is 0 Å². The van der Waals surface area contributed by atoms with Crippen molar-refractivity contribution in [3.05, 3.63) is 12.2 Å². The maximum atomic E-state index is 9.30. The van der Waals surface area contributed by atoms with Crippen LogP contribution in [0.2, 0.25) is 0 Å². The van der Waals surface area contributed by atoms with Crippen LogP contribution in [0, 0.1) is 5.92 Å². The Balaban J connectivity index is 3.72. The van der Waals surface area contributed by atoms with Crippen LogP contribution in [0.5, 0.6) is 0 Å². The lowest BCUT2D eigenvalue weighted by Gasteiger charge is -2.16. The Morgan fingerprint density at radius 2 is 2.11 bits per heavy atom. The number of aliphatic hydroxyl groups excluding tert-OH is 1. The maximum Gasteiger partial charge on any atom is 0.0770 e. The third-order valence-corrected chi connectivity index (χ3v) is 1.69. The summed E-state index contributed by atoms with van der Waals surface area (Å²) in [7, 11) is 0. The minimum Gasteiger partial charge on any atom is -0.389 e. The number of rotatable bonds is 3. The highest BCUT2D eigenvalue weighted by Crippen LogP contribution is 2.12. The molecule has 1 N–H and O–H groups in total. The van der Waals surface area contributed by atoms with E-state index in [-0.39, 0.29) is 6.10 Å². The molecule has 0 aromatic heterocycles. The molecule has 0 saturated heterocycles. The molecule has 1 heteroatoms. The van der Waals surface area contributed by atoms with Crippen molar-refractivity contribution < 1.29 is 5.11 Å². The Bertz CT molecular complexity index is 96.7. The molecule has 0 bridgehead atoms. The maximum absolute atomic E-state index is 9.30. The third kappa shape index (κ3) is 2.66. The van der Waals surface area contributed by atoms with Crippen molar-refractivity contribution in [3.63, 3.8) is 0 Å². The first kappa shape index (κ1) is 8.70. The van der Waals surface area contributed by atoms with Gasteiger partial charge in [0.15, 0.2) is 0 Å². The summed E-state index contributed by atoms with van der Waals surface area (Å²) in [4.78, 5) is 0. The van der Waals surface area contributed by atoms with E-state index in [1.807, 2.05) is 13.8 Å². The van der Waals surface area contributed by atoms with Gasteiger partial charge in [0, 0.05) is 0 Å². The zero-order valence-electron chi connectivity index (χ0n) is 6.52. The Morgan fingerprint density at radius 3 is 2.22 bits per heavy atom. The van der Waals surface area contributed by atoms with Crippen LogP contribution in [0.4, 0.5) is 0 Å². The summed E-state index contributed by atoms with van der Waals surface area (Å²) in [6, 6.07) is 0. The summed E-state index contributed by atoms with van der Waals surface area (Å²) in [6.07, 6.45) is 0.698. The van der Waals surface area contributed by atoms with Gasteiger partial charge in [0.2, 0.25) is 0 Å². The van der Waals surface area contributed by atoms with E-state index in [0.717, 1.165) is 12.0 Å². The molecule has 0 aromatic rings. The lowest BCUT2D eigenvalue weighted by atomic mass is 9.97. The predicted molar refractivity (Wildman–Crippen MR) is 40.3 cm³/mol. The molecular weight excluding hydrogens is 112 g/mol. The van der Waals surface area contributed by atoms with Gasteiger partial charge in [-0.1, -0.05) is 32.4 Å². The van der Waals surface area contributed by atoms with E-state index in [9.17, 15) is 5.11 Å². The lowest BCUT2D eigenvalue weighted by molar-refractivity contribution is 0.149. The molecule has 2 unspecified atom stereocenters. The molecule has 9 heavy (non-hydrogen) atoms. The van der Waals surface area contributed by atoms with E-state index in [0.29, 0.717) is 5.92 Å². The van der Waals surface area contributed by atoms with Crippen molar-refractivity contribution >= 4 is 0 Å². The summed E-state index contributed by atoms with van der Waals surface area (Å²) in [5.74, 6) is 0.350. The smallest absolute Gasteiger partial charge is 0.0770 e. The van der Waals surface area contributed by atoms with E-state index < -0.39 is 0 Å². The molecular formula is C8H16O. The van der Waals surface area contributed by atoms with Crippen LogP contribution in [0.25, 0.3) is 0 Å². The molecule has 0 rings (SSSR count). The van der Waals surface area contributed by atoms with Gasteiger partial charge in [-0.15, -0.1) is 0 Å². The van der Waals surface area contributed by atoms with E-state index in [1.54, 1.807) is 0 Å². The molecule has 1 nitrogen and oxygen atoms in total. The molecule has 2 atom stereocenters. The largest absolute Gasteiger partial charge is 0.389 e. The summed E-state index contributed by atoms with van der Waals surface area (Å²) < 4.78 is 0. The fraction of sp³-hybridized carbons (Fsp3) is 0.750. The first-order valence-corrected chi connectivity index (χ1v) is 3.43. The fourth-order valence-electron chi connectivity index (χ4n) is 0.709. The monoisotopic (exact) mass is 128 g/mol. The van der Waals surface area contributed by atoms with Crippen molar-refractivity contribution in [2.24, 2.45) is 5.92 Å². The standard InChI is InChI=1S/C8H16O/c1-5-7(4)8(9)6(2)3/h7-9H,2,5H2,1,3-4H3. The van der Waals surface area contributed by atoms with Crippen LogP contribution >= 0.6 is 0 Å². The van der Waals surface area contributed by atoms with Gasteiger partial charge in [-0.3, -0.25) is 0 Å². The number of hydrogen-bond acceptors (Lipinski definition) is 1. The quantitative estimate of drug-likeness (QED) is 0.576. The van der Waals surface area contributed by atoms with Crippen LogP contribution in [-0.4, -0.2) is 11.2 Å². The minimum atomic E-state index is -0.310. The van der Waals surface area contributed by atoms with Crippen LogP contribution in [0.1, 0.15) is 27.2 Å². The van der Waals surface area contributed by atoms with Crippen LogP contribution in [0.3, 0.4) is 0 Å². The topological polar surface area (TPSA) is 20.2 Å². The molecule has 0 saturated carbocycles. The van der Waals surface area contributed by atoms with Crippen LogP contribution in [0.15, 0.2) is 12.2 Å². The fourth-order valence-corrected chi connectivity index (χ4v) is 0.709. The number of aliphatic hydroxyl groups is 1. The molecule has 0 radical (unpaired) electrons. The Hall–Kier alpha value is -0.300. The molecule has 54 valence electrons. The first-order chi connectivity index (χ1) is 4.09. The zero-order valence-corrected chi connectivity index (χ0v) is 6.52. The van der Waals surface area contributed by atoms with Crippen molar-refractivity contribution in [2.75, 3.05) is 0 Å². The van der Waals surface area contributed by atoms with Crippen molar-refractivity contribution in [3.8, 4) is 0 Å². The van der Waals surface area contributed by atoms with Gasteiger partial charge in [0.05, 0.1) is 6.10 Å². The van der Waals surface area contributed by atoms with Crippen molar-refractivity contribution in [1.29, 1.82) is 0 Å². The average Bonchev–Trinajstić information content (AvgIpc) is 1.84. The molecule has 0 fully saturated rings. The highest BCUT2D eigenvalue weighted by Gasteiger charge is 2.11. The molecule has 0 amide bonds. The Morgan fingerprint density at radius 1 is 1.67 bits per heavy atom. The lowest BCUT2D eigenvalue weighted by Crippen LogP contribution is -2.17. The Labute approximate surface area is 57.4 Å². The Kier molecular flexibility index (Phi) is 3.55. The number of hydrogen-bond donors (Lipinski definition) is 1. The van der Waals surface area contributed by atoms with Gasteiger partial charge in [-0.2, -0.15) is 0 Å². The second-order valence-corrected chi connectivity index (χ2v) is 2.68. The second-order valence-electron chi connectivity index (χ2n) is 2.68. The SMILES string of the molecule is C=C(C)C(O)C(C)CC. The average molecular weight is 128 g/mol. The van der Waals surface area contributed by atoms with Gasteiger partial charge < -0.3 is 5.11 Å². The third-order valence-electron chi connectivity index (χ3n) is 1.69. The summed E-state index contributed by atoms with van der Waals surface area (Å²) in [6.45, 7) is 9.63. The van der Waals surface area contributed by atoms with E-state index in [2.05, 4.69) is 13.5 Å². The normalized spacial score (nSPS) is 16.9. The summed E-state index contributed by atoms with van der Waals surface area (Å²) in [5.41, 5.74) is 0.865. The zero-order chi connectivity index (χ0) is 7.44. The molecule has 0 spiro atoms. The van der Waals surface area contributed by atoms with Crippen molar-refractivity contribution in [1.82, 2.24) is 0 Å². The molecule has 0 aliphatic heterocycles. The predicted octanol–water partition coefficient (Wildman–Crippen LogP) is 1.97. The molecule has 0 aliphatic rings. The van der Waals surface area contributed by atoms with Gasteiger partial charge in [-0.25, -0.2) is 0 Å². The van der Waals surface area contributed by atoms with E-state index >= 15 is 0 Å². The molecule has 0 heterocycles. The van der Waals surface area contributed by atoms with Crippen LogP contribution < -0.4 is 0 Å². The summed E-state index contributed by atoms with van der Waals surface area (Å²) in [5, 5.41) is 9.30. The van der Waals surface area contributed by atoms with Crippen molar-refractivity contribution in [2.45, 2.75) is 33.3 Å². The van der Waals surface area contributed by atoms with E-state index in [4.69, 9.17) is 0 Å². The van der Waals surface area contributed by atoms with Crippen LogP contribution in [-0.2, 0) is 0 Å². The van der Waals surface area contributed by atoms with Gasteiger partial charge in [0.1, 0.15) is 0 Å². The molecule has 0 aliphatic carbocycles. The highest BCUT2D eigenvalue weighted by molar-refractivity contribution is 4.98. The molecule has 0 aromatic carbocycles. The highest BCUT2D eigenvalue weighted by atomic mass is 16.3. The second kappa shape index (κ2) is 3.67. The van der Waals surface area contributed by atoms with Gasteiger partial charge in [-0.05, 0) is 12.8 Å².